The summed E-state index contributed by atoms with van der Waals surface area (Å²) in [5.74, 6) is 3.57. The summed E-state index contributed by atoms with van der Waals surface area (Å²) in [7, 11) is -3.12. The number of pyridine rings is 2. The molecule has 7 aromatic heterocycles. The first-order chi connectivity index (χ1) is 67.7. The molecule has 17 aromatic carbocycles. The Morgan fingerprint density at radius 3 is 1.14 bits per heavy atom. The molecule has 0 aliphatic carbocycles. The first-order valence-corrected chi connectivity index (χ1v) is 47.7. The van der Waals surface area contributed by atoms with Crippen LogP contribution < -0.4 is 15.9 Å². The molecule has 0 fully saturated rings. The largest absolute Gasteiger partial charge is 0.309 e. The lowest BCUT2D eigenvalue weighted by atomic mass is 9.95. The van der Waals surface area contributed by atoms with E-state index in [2.05, 4.69) is 248 Å². The van der Waals surface area contributed by atoms with Crippen molar-refractivity contribution in [2.45, 2.75) is 0 Å². The van der Waals surface area contributed by atoms with Crippen molar-refractivity contribution in [1.82, 2.24) is 59.8 Å². The van der Waals surface area contributed by atoms with Gasteiger partial charge in [-0.05, 0) is 117 Å². The van der Waals surface area contributed by atoms with Crippen LogP contribution in [0.5, 0.6) is 0 Å². The predicted molar refractivity (Wildman–Crippen MR) is 562 cm³/mol. The number of hydrogen-bond acceptors (Lipinski definition) is 14. The zero-order valence-electron chi connectivity index (χ0n) is 73.9. The van der Waals surface area contributed by atoms with E-state index in [1.807, 2.05) is 243 Å². The standard InChI is InChI=1S/C43H29N3.C42H29N4OP.C37H23N5S/c1-5-13-30(14-6-1)34-21-22-39-42(26-34)44-29-43(45-39)38-24-35(31-15-7-2-8-16-31)23-37(25-38)41-28-36(32-17-9-3-10-18-32)27-40(46-41)33-19-11-4-12-20-33;47-48(36-16-3-1-4-17-36,37-18-5-2-6-19-37)38-25-23-31(24-26-38)40-44-41(34-15-11-14-33(29-34)39-20-9-10-27-43-39)46-42(45-40)35-22-21-30-12-7-8-13-32(30)28-35;1-4-12-24(13-5-1)32-31(38-33-29-18-10-11-19-30(29)43-37(33)39-32)25-20-22-28(23-21-25)36-41-34(26-14-6-2-7-15-26)40-35(42-36)27-16-8-3-9-17-27/h1-29H;1-29H;1-23H. The van der Waals surface area contributed by atoms with Crippen molar-refractivity contribution < 1.29 is 4.57 Å². The van der Waals surface area contributed by atoms with Gasteiger partial charge in [-0.1, -0.05) is 406 Å². The topological polar surface area (TPSA) is 172 Å². The Bertz CT molecular complexity index is 8340. The van der Waals surface area contributed by atoms with E-state index in [4.69, 9.17) is 54.8 Å². The van der Waals surface area contributed by atoms with E-state index >= 15 is 0 Å². The van der Waals surface area contributed by atoms with Gasteiger partial charge >= 0.3 is 0 Å². The molecule has 0 atom stereocenters. The first-order valence-electron chi connectivity index (χ1n) is 45.2. The Kier molecular flexibility index (Phi) is 23.8. The number of rotatable bonds is 18. The first kappa shape index (κ1) is 84.7. The fraction of sp³-hybridized carbons (Fsp3) is 0. The summed E-state index contributed by atoms with van der Waals surface area (Å²) < 4.78 is 16.1. The molecule has 24 aromatic rings. The third-order valence-corrected chi connectivity index (χ3v) is 28.2. The van der Waals surface area contributed by atoms with Crippen LogP contribution in [0.4, 0.5) is 0 Å². The van der Waals surface area contributed by atoms with Crippen LogP contribution in [0.15, 0.2) is 492 Å². The maximum Gasteiger partial charge on any atom is 0.171 e. The van der Waals surface area contributed by atoms with Crippen LogP contribution in [-0.4, -0.2) is 59.8 Å². The number of benzene rings is 17. The van der Waals surface area contributed by atoms with Gasteiger partial charge in [-0.15, -0.1) is 11.3 Å². The maximum atomic E-state index is 15.0. The summed E-state index contributed by atoms with van der Waals surface area (Å²) in [6.45, 7) is 0. The van der Waals surface area contributed by atoms with Crippen LogP contribution >= 0.6 is 18.5 Å². The Morgan fingerprint density at radius 1 is 0.197 bits per heavy atom. The van der Waals surface area contributed by atoms with Crippen molar-refractivity contribution in [3.05, 3.63) is 492 Å². The molecular weight excluding hydrogens is 1710 g/mol. The smallest absolute Gasteiger partial charge is 0.171 e. The van der Waals surface area contributed by atoms with E-state index in [1.54, 1.807) is 17.5 Å². The van der Waals surface area contributed by atoms with Crippen molar-refractivity contribution in [3.63, 3.8) is 0 Å². The summed E-state index contributed by atoms with van der Waals surface area (Å²) in [6.07, 6.45) is 3.67. The average molecular weight is 1790 g/mol. The second-order valence-corrected chi connectivity index (χ2v) is 36.8. The normalized spacial score (nSPS) is 11.2. The monoisotopic (exact) mass is 1790 g/mol. The Balaban J connectivity index is 0.000000119. The van der Waals surface area contributed by atoms with E-state index in [0.29, 0.717) is 34.9 Å². The molecule has 0 unspecified atom stereocenters. The van der Waals surface area contributed by atoms with Crippen molar-refractivity contribution in [2.75, 3.05) is 0 Å². The molecule has 0 spiro atoms. The van der Waals surface area contributed by atoms with E-state index in [9.17, 15) is 4.57 Å². The van der Waals surface area contributed by atoms with Gasteiger partial charge in [0.25, 0.3) is 0 Å². The molecule has 7 heterocycles. The molecule has 646 valence electrons. The van der Waals surface area contributed by atoms with Gasteiger partial charge < -0.3 is 4.57 Å². The van der Waals surface area contributed by atoms with Crippen LogP contribution in [0.3, 0.4) is 0 Å². The zero-order valence-corrected chi connectivity index (χ0v) is 75.6. The van der Waals surface area contributed by atoms with Crippen molar-refractivity contribution in [1.29, 1.82) is 0 Å². The fourth-order valence-electron chi connectivity index (χ4n) is 17.1. The van der Waals surface area contributed by atoms with Gasteiger partial charge in [0.2, 0.25) is 0 Å². The minimum absolute atomic E-state index is 0.534. The van der Waals surface area contributed by atoms with E-state index in [0.717, 1.165) is 188 Å². The van der Waals surface area contributed by atoms with Crippen molar-refractivity contribution >= 4 is 76.6 Å². The fourth-order valence-corrected chi connectivity index (χ4v) is 20.8. The number of hydrogen-bond donors (Lipinski definition) is 0. The molecule has 0 saturated carbocycles. The van der Waals surface area contributed by atoms with E-state index in [-0.39, 0.29) is 0 Å². The molecule has 24 rings (SSSR count). The minimum atomic E-state index is -3.12. The van der Waals surface area contributed by atoms with E-state index in [1.165, 1.54) is 4.70 Å². The SMILES string of the molecule is O=P(c1ccccc1)(c1ccccc1)c1ccc(-c2nc(-c3cccc(-c4ccccn4)c3)nc(-c3ccc4ccccc4c3)n2)cc1.c1ccc(-c2cc(-c3cc(-c4ccccc4)cc(-c4ccccc4)n3)cc(-c3cnc4cc(-c5ccccc5)ccc4n3)c2)cc1.c1ccc(-c2nc(-c3ccccc3)nc(-c3ccc(-c4nc5c(nc4-c4ccccc4)sc4ccccc45)cc3)n2)cc1. The van der Waals surface area contributed by atoms with Crippen LogP contribution in [0, 0.1) is 0 Å². The number of aromatic nitrogens is 12. The molecule has 0 radical (unpaired) electrons. The Morgan fingerprint density at radius 2 is 0.577 bits per heavy atom. The number of fused-ring (bicyclic) bond motifs is 5. The molecular formula is C122H81N12OPS. The highest BCUT2D eigenvalue weighted by Gasteiger charge is 2.30. The molecule has 13 nitrogen and oxygen atoms in total. The molecule has 0 amide bonds. The second-order valence-electron chi connectivity index (χ2n) is 33.0. The average Bonchev–Trinajstić information content (AvgIpc) is 1.29. The van der Waals surface area contributed by atoms with Crippen LogP contribution in [-0.2, 0) is 4.57 Å². The quantitative estimate of drug-likeness (QED) is 0.0744. The number of nitrogens with zero attached hydrogens (tertiary/aromatic N) is 12. The van der Waals surface area contributed by atoms with Crippen molar-refractivity contribution in [3.8, 4) is 169 Å². The number of thiophene rings is 1. The van der Waals surface area contributed by atoms with Crippen LogP contribution in [0.1, 0.15) is 0 Å². The zero-order chi connectivity index (χ0) is 91.6. The molecule has 15 heteroatoms. The lowest BCUT2D eigenvalue weighted by molar-refractivity contribution is 0.592. The highest BCUT2D eigenvalue weighted by molar-refractivity contribution is 7.85. The van der Waals surface area contributed by atoms with Gasteiger partial charge in [0.15, 0.2) is 42.1 Å². The maximum absolute atomic E-state index is 15.0. The summed E-state index contributed by atoms with van der Waals surface area (Å²) in [4.78, 5) is 60.6. The Labute approximate surface area is 796 Å². The van der Waals surface area contributed by atoms with Gasteiger partial charge in [0.05, 0.1) is 51.4 Å². The van der Waals surface area contributed by atoms with Crippen molar-refractivity contribution in [2.24, 2.45) is 0 Å². The Hall–Kier alpha value is -17.8. The third kappa shape index (κ3) is 18.3. The highest BCUT2D eigenvalue weighted by Crippen LogP contribution is 2.45. The van der Waals surface area contributed by atoms with Crippen LogP contribution in [0.2, 0.25) is 0 Å². The lowest BCUT2D eigenvalue weighted by Gasteiger charge is -2.20. The molecule has 137 heavy (non-hydrogen) atoms. The summed E-state index contributed by atoms with van der Waals surface area (Å²) in [6, 6.07) is 162. The second kappa shape index (κ2) is 38.6. The molecule has 0 aliphatic heterocycles. The molecule has 0 N–H and O–H groups in total. The minimum Gasteiger partial charge on any atom is -0.309 e. The lowest BCUT2D eigenvalue weighted by Crippen LogP contribution is -2.24. The summed E-state index contributed by atoms with van der Waals surface area (Å²) in [5, 5.41) is 5.71. The van der Waals surface area contributed by atoms with E-state index < -0.39 is 7.14 Å². The summed E-state index contributed by atoms with van der Waals surface area (Å²) >= 11 is 1.68. The third-order valence-electron chi connectivity index (χ3n) is 24.1. The van der Waals surface area contributed by atoms with Gasteiger partial charge in [-0.3, -0.25) is 9.97 Å². The van der Waals surface area contributed by atoms with Gasteiger partial charge in [-0.2, -0.15) is 0 Å². The van der Waals surface area contributed by atoms with Crippen LogP contribution in [0.25, 0.3) is 211 Å². The molecule has 0 saturated heterocycles. The van der Waals surface area contributed by atoms with Gasteiger partial charge in [0, 0.05) is 99.0 Å². The molecule has 0 aliphatic rings. The molecule has 0 bridgehead atoms. The van der Waals surface area contributed by atoms with Gasteiger partial charge in [-0.25, -0.2) is 49.8 Å². The highest BCUT2D eigenvalue weighted by atomic mass is 32.1. The summed E-state index contributed by atoms with van der Waals surface area (Å²) in [5.41, 5.74) is 26.1. The predicted octanol–water partition coefficient (Wildman–Crippen LogP) is 29.1. The van der Waals surface area contributed by atoms with Gasteiger partial charge in [0.1, 0.15) is 10.3 Å².